The fourth-order valence-corrected chi connectivity index (χ4v) is 4.32. The highest BCUT2D eigenvalue weighted by Gasteiger charge is 2.28. The molecular weight excluding hydrogens is 493 g/mol. The summed E-state index contributed by atoms with van der Waals surface area (Å²) in [7, 11) is 0. The molecule has 1 aliphatic heterocycles. The first kappa shape index (κ1) is 23.4. The van der Waals surface area contributed by atoms with Crippen LogP contribution in [-0.4, -0.2) is 39.0 Å². The summed E-state index contributed by atoms with van der Waals surface area (Å²) < 4.78 is 5.37. The van der Waals surface area contributed by atoms with Gasteiger partial charge in [0.05, 0.1) is 33.1 Å². The number of nitrogens with zero attached hydrogens (tertiary/aromatic N) is 4. The number of likely N-dealkylation sites (tertiary alicyclic amines) is 1. The van der Waals surface area contributed by atoms with Crippen molar-refractivity contribution in [1.29, 1.82) is 0 Å². The Balaban J connectivity index is 1.40. The minimum atomic E-state index is -0.537. The maximum atomic E-state index is 12.8. The molecule has 1 unspecified atom stereocenters. The molecule has 0 saturated carbocycles. The number of aromatic nitrogens is 2. The normalized spacial score (nSPS) is 16.5. The molecule has 1 aromatic heterocycles. The second-order valence-corrected chi connectivity index (χ2v) is 8.87. The Hall–Kier alpha value is -2.72. The van der Waals surface area contributed by atoms with Crippen LogP contribution in [0.1, 0.15) is 18.7 Å². The van der Waals surface area contributed by atoms with E-state index in [4.69, 9.17) is 39.3 Å². The Morgan fingerprint density at radius 2 is 2.03 bits per heavy atom. The van der Waals surface area contributed by atoms with Crippen molar-refractivity contribution >= 4 is 52.1 Å². The number of anilines is 1. The average Bonchev–Trinajstić information content (AvgIpc) is 3.23. The number of carbonyl (C=O) groups excluding carboxylic acids is 1. The predicted octanol–water partition coefficient (Wildman–Crippen LogP) is 5.46. The maximum absolute atomic E-state index is 12.8. The van der Waals surface area contributed by atoms with Crippen LogP contribution in [0.15, 0.2) is 40.9 Å². The van der Waals surface area contributed by atoms with E-state index in [1.807, 2.05) is 4.90 Å². The van der Waals surface area contributed by atoms with Gasteiger partial charge in [-0.05, 0) is 43.7 Å². The summed E-state index contributed by atoms with van der Waals surface area (Å²) in [4.78, 5) is 29.7. The van der Waals surface area contributed by atoms with Gasteiger partial charge in [0.1, 0.15) is 0 Å². The van der Waals surface area contributed by atoms with E-state index < -0.39 is 4.92 Å². The quantitative estimate of drug-likeness (QED) is 0.346. The summed E-state index contributed by atoms with van der Waals surface area (Å²) in [5.74, 6) is 0.195. The first-order chi connectivity index (χ1) is 15.8. The number of benzene rings is 2. The van der Waals surface area contributed by atoms with Gasteiger partial charge in [-0.1, -0.05) is 40.0 Å². The summed E-state index contributed by atoms with van der Waals surface area (Å²) in [6.07, 6.45) is 1.48. The summed E-state index contributed by atoms with van der Waals surface area (Å²) in [6, 6.07) is 8.96. The summed E-state index contributed by atoms with van der Waals surface area (Å²) in [6.45, 7) is 1.61. The van der Waals surface area contributed by atoms with Gasteiger partial charge < -0.3 is 9.84 Å². The lowest BCUT2D eigenvalue weighted by atomic mass is 9.97. The summed E-state index contributed by atoms with van der Waals surface area (Å²) in [5.41, 5.74) is 0.683. The van der Waals surface area contributed by atoms with Crippen molar-refractivity contribution in [3.8, 4) is 11.4 Å². The smallest absolute Gasteiger partial charge is 0.271 e. The first-order valence-electron chi connectivity index (χ1n) is 10.1. The minimum Gasteiger partial charge on any atom is -0.338 e. The second-order valence-electron chi connectivity index (χ2n) is 7.62. The Morgan fingerprint density at radius 1 is 1.21 bits per heavy atom. The number of rotatable bonds is 6. The molecule has 0 bridgehead atoms. The average molecular weight is 511 g/mol. The van der Waals surface area contributed by atoms with Crippen molar-refractivity contribution in [2.75, 3.05) is 18.4 Å². The van der Waals surface area contributed by atoms with Crippen LogP contribution in [0.4, 0.5) is 11.4 Å². The zero-order valence-electron chi connectivity index (χ0n) is 17.1. The van der Waals surface area contributed by atoms with E-state index in [9.17, 15) is 14.9 Å². The fraction of sp³-hybridized carbons (Fsp3) is 0.286. The predicted molar refractivity (Wildman–Crippen MR) is 124 cm³/mol. The van der Waals surface area contributed by atoms with Crippen molar-refractivity contribution in [1.82, 2.24) is 15.0 Å². The van der Waals surface area contributed by atoms with Gasteiger partial charge in [-0.25, -0.2) is 0 Å². The van der Waals surface area contributed by atoms with E-state index >= 15 is 0 Å². The number of piperidine rings is 1. The molecule has 0 radical (unpaired) electrons. The van der Waals surface area contributed by atoms with Crippen LogP contribution in [-0.2, 0) is 11.3 Å². The Labute approximate surface area is 203 Å². The monoisotopic (exact) mass is 509 g/mol. The topological polar surface area (TPSA) is 114 Å². The SMILES string of the molecule is O=C(Nc1cc([N+](=O)[O-])ccc1Cl)C1CCCN(Cc2nc(-c3ccc(Cl)cc3Cl)no2)C1. The number of carbonyl (C=O) groups is 1. The lowest BCUT2D eigenvalue weighted by molar-refractivity contribution is -0.384. The van der Waals surface area contributed by atoms with E-state index in [1.165, 1.54) is 18.2 Å². The molecule has 1 N–H and O–H groups in total. The van der Waals surface area contributed by atoms with Crippen LogP contribution in [0.2, 0.25) is 15.1 Å². The molecule has 1 saturated heterocycles. The van der Waals surface area contributed by atoms with E-state index in [-0.39, 0.29) is 28.2 Å². The van der Waals surface area contributed by atoms with Crippen molar-refractivity contribution < 1.29 is 14.2 Å². The fourth-order valence-electron chi connectivity index (χ4n) is 3.66. The van der Waals surface area contributed by atoms with Crippen LogP contribution < -0.4 is 5.32 Å². The number of amides is 1. The number of halogens is 3. The number of nitro groups is 1. The molecule has 2 aromatic carbocycles. The third kappa shape index (κ3) is 5.62. The molecule has 0 spiro atoms. The summed E-state index contributed by atoms with van der Waals surface area (Å²) in [5, 5.41) is 18.9. The van der Waals surface area contributed by atoms with E-state index in [1.54, 1.807) is 18.2 Å². The van der Waals surface area contributed by atoms with E-state index in [2.05, 4.69) is 15.5 Å². The van der Waals surface area contributed by atoms with E-state index in [0.717, 1.165) is 13.0 Å². The van der Waals surface area contributed by atoms with Gasteiger partial charge in [-0.15, -0.1) is 0 Å². The molecule has 9 nitrogen and oxygen atoms in total. The molecule has 33 heavy (non-hydrogen) atoms. The van der Waals surface area contributed by atoms with Gasteiger partial charge in [-0.3, -0.25) is 19.8 Å². The molecule has 0 aliphatic carbocycles. The van der Waals surface area contributed by atoms with Crippen LogP contribution in [0.5, 0.6) is 0 Å². The highest BCUT2D eigenvalue weighted by molar-refractivity contribution is 6.36. The molecule has 1 amide bonds. The number of nitro benzene ring substituents is 1. The van der Waals surface area contributed by atoms with Gasteiger partial charge in [-0.2, -0.15) is 4.98 Å². The molecule has 4 rings (SSSR count). The van der Waals surface area contributed by atoms with Gasteiger partial charge in [0, 0.05) is 29.3 Å². The third-order valence-electron chi connectivity index (χ3n) is 5.29. The van der Waals surface area contributed by atoms with Crippen molar-refractivity contribution in [2.45, 2.75) is 19.4 Å². The van der Waals surface area contributed by atoms with Gasteiger partial charge in [0.25, 0.3) is 5.69 Å². The molecule has 3 aromatic rings. The largest absolute Gasteiger partial charge is 0.338 e. The van der Waals surface area contributed by atoms with Crippen LogP contribution in [0.25, 0.3) is 11.4 Å². The highest BCUT2D eigenvalue weighted by Crippen LogP contribution is 2.30. The molecule has 1 fully saturated rings. The molecule has 2 heterocycles. The molecule has 1 atom stereocenters. The Bertz CT molecular complexity index is 1200. The van der Waals surface area contributed by atoms with Crippen LogP contribution in [0, 0.1) is 16.0 Å². The second kappa shape index (κ2) is 10.0. The lowest BCUT2D eigenvalue weighted by Gasteiger charge is -2.30. The zero-order chi connectivity index (χ0) is 23.5. The number of nitrogens with one attached hydrogen (secondary N) is 1. The standard InChI is InChI=1S/C21H18Cl3N5O4/c22-13-3-5-15(17(24)8-13)20-26-19(33-27-20)11-28-7-1-2-12(10-28)21(30)25-18-9-14(29(31)32)4-6-16(18)23/h3-6,8-9,12H,1-2,7,10-11H2,(H,25,30). The van der Waals surface area contributed by atoms with Crippen molar-refractivity contribution in [2.24, 2.45) is 5.92 Å². The van der Waals surface area contributed by atoms with Crippen molar-refractivity contribution in [3.05, 3.63) is 67.5 Å². The lowest BCUT2D eigenvalue weighted by Crippen LogP contribution is -2.40. The zero-order valence-corrected chi connectivity index (χ0v) is 19.4. The minimum absolute atomic E-state index is 0.145. The van der Waals surface area contributed by atoms with Gasteiger partial charge in [0.2, 0.25) is 17.6 Å². The van der Waals surface area contributed by atoms with Crippen LogP contribution >= 0.6 is 34.8 Å². The highest BCUT2D eigenvalue weighted by atomic mass is 35.5. The Morgan fingerprint density at radius 3 is 2.79 bits per heavy atom. The Kier molecular flexibility index (Phi) is 7.14. The maximum Gasteiger partial charge on any atom is 0.271 e. The number of non-ortho nitro benzene ring substituents is 1. The molecule has 172 valence electrons. The van der Waals surface area contributed by atoms with Crippen LogP contribution in [0.3, 0.4) is 0 Å². The first-order valence-corrected chi connectivity index (χ1v) is 11.2. The molecule has 1 aliphatic rings. The van der Waals surface area contributed by atoms with Gasteiger partial charge in [0.15, 0.2) is 0 Å². The summed E-state index contributed by atoms with van der Waals surface area (Å²) >= 11 is 18.3. The number of hydrogen-bond acceptors (Lipinski definition) is 7. The van der Waals surface area contributed by atoms with Crippen molar-refractivity contribution in [3.63, 3.8) is 0 Å². The van der Waals surface area contributed by atoms with Gasteiger partial charge >= 0.3 is 0 Å². The third-order valence-corrected chi connectivity index (χ3v) is 6.17. The molecular formula is C21H18Cl3N5O4. The van der Waals surface area contributed by atoms with E-state index in [0.29, 0.717) is 46.8 Å². The number of hydrogen-bond donors (Lipinski definition) is 1. The molecule has 12 heteroatoms.